The van der Waals surface area contributed by atoms with Crippen LogP contribution in [0.4, 0.5) is 0 Å². The van der Waals surface area contributed by atoms with E-state index in [2.05, 4.69) is 29.8 Å². The Morgan fingerprint density at radius 1 is 1.04 bits per heavy atom. The second-order valence-corrected chi connectivity index (χ2v) is 8.78. The molecule has 28 heavy (non-hydrogen) atoms. The Hall–Kier alpha value is -1.72. The predicted octanol–water partition coefficient (Wildman–Crippen LogP) is 4.61. The van der Waals surface area contributed by atoms with Gasteiger partial charge in [0.25, 0.3) is 0 Å². The van der Waals surface area contributed by atoms with Crippen molar-refractivity contribution >= 4 is 5.70 Å². The van der Waals surface area contributed by atoms with E-state index in [-0.39, 0.29) is 11.7 Å². The third kappa shape index (κ3) is 4.15. The van der Waals surface area contributed by atoms with Gasteiger partial charge in [0, 0.05) is 18.6 Å². The molecule has 0 radical (unpaired) electrons. The Labute approximate surface area is 167 Å². The number of hydrogen-bond donors (Lipinski definition) is 1. The van der Waals surface area contributed by atoms with Crippen LogP contribution in [-0.2, 0) is 9.57 Å². The third-order valence-corrected chi connectivity index (χ3v) is 6.31. The number of benzene rings is 1. The van der Waals surface area contributed by atoms with E-state index in [0.717, 1.165) is 61.2 Å². The number of ether oxygens (including phenoxy) is 3. The molecule has 0 bridgehead atoms. The quantitative estimate of drug-likeness (QED) is 0.725. The van der Waals surface area contributed by atoms with Gasteiger partial charge in [-0.2, -0.15) is 0 Å². The zero-order chi connectivity index (χ0) is 18.8. The van der Waals surface area contributed by atoms with E-state index in [1.165, 1.54) is 38.5 Å². The summed E-state index contributed by atoms with van der Waals surface area (Å²) in [6.45, 7) is 2.15. The lowest BCUT2D eigenvalue weighted by Gasteiger charge is -2.20. The second-order valence-electron chi connectivity index (χ2n) is 8.78. The summed E-state index contributed by atoms with van der Waals surface area (Å²) >= 11 is 0. The summed E-state index contributed by atoms with van der Waals surface area (Å²) in [5.41, 5.74) is 4.86. The van der Waals surface area contributed by atoms with Crippen molar-refractivity contribution in [1.82, 2.24) is 5.48 Å². The molecule has 2 heterocycles. The van der Waals surface area contributed by atoms with Gasteiger partial charge in [0.05, 0.1) is 25.0 Å². The van der Waals surface area contributed by atoms with Crippen LogP contribution < -0.4 is 15.0 Å². The molecule has 5 rings (SSSR count). The van der Waals surface area contributed by atoms with Crippen molar-refractivity contribution in [3.8, 4) is 11.5 Å². The summed E-state index contributed by atoms with van der Waals surface area (Å²) in [6, 6.07) is 6.27. The lowest BCUT2D eigenvalue weighted by atomic mass is 10.0. The Balaban J connectivity index is 1.37. The average molecular weight is 386 g/mol. The van der Waals surface area contributed by atoms with Gasteiger partial charge in [-0.15, -0.1) is 0 Å². The summed E-state index contributed by atoms with van der Waals surface area (Å²) < 4.78 is 18.1. The first-order chi connectivity index (χ1) is 13.8. The average Bonchev–Trinajstić information content (AvgIpc) is 3.38. The van der Waals surface area contributed by atoms with E-state index in [9.17, 15) is 0 Å². The van der Waals surface area contributed by atoms with Crippen molar-refractivity contribution in [2.75, 3.05) is 19.8 Å². The monoisotopic (exact) mass is 385 g/mol. The van der Waals surface area contributed by atoms with Crippen molar-refractivity contribution in [1.29, 1.82) is 0 Å². The lowest BCUT2D eigenvalue weighted by Crippen LogP contribution is -2.29. The molecule has 1 unspecified atom stereocenters. The highest BCUT2D eigenvalue weighted by atomic mass is 16.7. The van der Waals surface area contributed by atoms with Crippen LogP contribution >= 0.6 is 0 Å². The molecule has 1 spiro atoms. The molecule has 0 amide bonds. The van der Waals surface area contributed by atoms with E-state index in [0.29, 0.717) is 6.61 Å². The normalized spacial score (nSPS) is 28.1. The molecule has 1 aromatic carbocycles. The van der Waals surface area contributed by atoms with Crippen LogP contribution in [0.2, 0.25) is 0 Å². The molecule has 1 atom stereocenters. The van der Waals surface area contributed by atoms with E-state index in [1.54, 1.807) is 0 Å². The van der Waals surface area contributed by atoms with Crippen molar-refractivity contribution in [3.63, 3.8) is 0 Å². The van der Waals surface area contributed by atoms with Crippen molar-refractivity contribution < 1.29 is 19.0 Å². The highest BCUT2D eigenvalue weighted by Crippen LogP contribution is 2.38. The van der Waals surface area contributed by atoms with Gasteiger partial charge in [-0.1, -0.05) is 12.8 Å². The minimum absolute atomic E-state index is 0.289. The maximum absolute atomic E-state index is 6.49. The zero-order valence-corrected chi connectivity index (χ0v) is 16.6. The first-order valence-corrected chi connectivity index (χ1v) is 11.0. The van der Waals surface area contributed by atoms with Crippen LogP contribution in [0.1, 0.15) is 63.4 Å². The summed E-state index contributed by atoms with van der Waals surface area (Å²) in [5, 5.41) is 0. The first-order valence-electron chi connectivity index (χ1n) is 11.0. The lowest BCUT2D eigenvalue weighted by molar-refractivity contribution is -0.0373. The standard InChI is InChI=1S/C23H31NO4/c1-2-4-6-19(5-3-1)27-22-13-18(9-10-21(22)26-15-17-7-8-17)20-14-23(28-24-20)11-12-25-16-23/h9-10,13-14,17,19,24H,1-8,11-12,15-16H2. The van der Waals surface area contributed by atoms with Gasteiger partial charge in [-0.3, -0.25) is 10.3 Å². The molecule has 1 saturated heterocycles. The summed E-state index contributed by atoms with van der Waals surface area (Å²) in [5.74, 6) is 2.47. The van der Waals surface area contributed by atoms with Gasteiger partial charge in [0.2, 0.25) is 0 Å². The molecule has 1 aromatic rings. The Morgan fingerprint density at radius 2 is 1.89 bits per heavy atom. The Kier molecular flexibility index (Phi) is 5.20. The highest BCUT2D eigenvalue weighted by molar-refractivity contribution is 5.68. The number of hydroxylamine groups is 1. The molecule has 5 heteroatoms. The van der Waals surface area contributed by atoms with E-state index in [4.69, 9.17) is 19.0 Å². The largest absolute Gasteiger partial charge is 0.489 e. The SMILES string of the molecule is C1=C(c2ccc(OCC3CC3)c(OC3CCCCCC3)c2)NOC12CCOC2. The van der Waals surface area contributed by atoms with Crippen LogP contribution in [0.15, 0.2) is 24.3 Å². The molecule has 2 aliphatic carbocycles. The third-order valence-electron chi connectivity index (χ3n) is 6.31. The molecule has 3 fully saturated rings. The summed E-state index contributed by atoms with van der Waals surface area (Å²) in [6.07, 6.45) is 13.3. The molecular formula is C23H31NO4. The minimum atomic E-state index is -0.321. The number of hydrogen-bond acceptors (Lipinski definition) is 5. The topological polar surface area (TPSA) is 49.0 Å². The number of rotatable bonds is 6. The fourth-order valence-electron chi connectivity index (χ4n) is 4.30. The van der Waals surface area contributed by atoms with Gasteiger partial charge < -0.3 is 14.2 Å². The van der Waals surface area contributed by atoms with Gasteiger partial charge in [-0.25, -0.2) is 0 Å². The fourth-order valence-corrected chi connectivity index (χ4v) is 4.30. The van der Waals surface area contributed by atoms with Gasteiger partial charge in [0.15, 0.2) is 11.5 Å². The molecule has 4 aliphatic rings. The predicted molar refractivity (Wildman–Crippen MR) is 107 cm³/mol. The van der Waals surface area contributed by atoms with E-state index in [1.807, 2.05) is 0 Å². The molecular weight excluding hydrogens is 354 g/mol. The number of nitrogens with one attached hydrogen (secondary N) is 1. The summed E-state index contributed by atoms with van der Waals surface area (Å²) in [7, 11) is 0. The maximum atomic E-state index is 6.49. The van der Waals surface area contributed by atoms with Crippen molar-refractivity contribution in [2.45, 2.75) is 69.5 Å². The summed E-state index contributed by atoms with van der Waals surface area (Å²) in [4.78, 5) is 5.85. The Bertz CT molecular complexity index is 713. The van der Waals surface area contributed by atoms with Gasteiger partial charge in [0.1, 0.15) is 5.60 Å². The van der Waals surface area contributed by atoms with Crippen LogP contribution in [0.5, 0.6) is 11.5 Å². The fraction of sp³-hybridized carbons (Fsp3) is 0.652. The van der Waals surface area contributed by atoms with E-state index < -0.39 is 0 Å². The first kappa shape index (κ1) is 18.3. The van der Waals surface area contributed by atoms with Gasteiger partial charge in [-0.05, 0) is 68.7 Å². The van der Waals surface area contributed by atoms with E-state index >= 15 is 0 Å². The van der Waals surface area contributed by atoms with Gasteiger partial charge >= 0.3 is 0 Å². The molecule has 2 aliphatic heterocycles. The highest BCUT2D eigenvalue weighted by Gasteiger charge is 2.39. The zero-order valence-electron chi connectivity index (χ0n) is 16.6. The Morgan fingerprint density at radius 3 is 2.64 bits per heavy atom. The molecule has 152 valence electrons. The molecule has 1 N–H and O–H groups in total. The van der Waals surface area contributed by atoms with Crippen LogP contribution in [-0.4, -0.2) is 31.5 Å². The van der Waals surface area contributed by atoms with Crippen molar-refractivity contribution in [2.24, 2.45) is 5.92 Å². The maximum Gasteiger partial charge on any atom is 0.162 e. The second kappa shape index (κ2) is 7.96. The van der Waals surface area contributed by atoms with Crippen LogP contribution in [0, 0.1) is 5.92 Å². The smallest absolute Gasteiger partial charge is 0.162 e. The van der Waals surface area contributed by atoms with Crippen LogP contribution in [0.25, 0.3) is 5.70 Å². The molecule has 2 saturated carbocycles. The van der Waals surface area contributed by atoms with Crippen molar-refractivity contribution in [3.05, 3.63) is 29.8 Å². The van der Waals surface area contributed by atoms with Crippen LogP contribution in [0.3, 0.4) is 0 Å². The molecule has 0 aromatic heterocycles. The minimum Gasteiger partial charge on any atom is -0.489 e. The molecule has 5 nitrogen and oxygen atoms in total.